The van der Waals surface area contributed by atoms with Crippen LogP contribution in [0.4, 0.5) is 0 Å². The van der Waals surface area contributed by atoms with Crippen molar-refractivity contribution >= 4 is 0 Å². The molecule has 0 aliphatic heterocycles. The number of hydrogen-bond donors (Lipinski definition) is 1. The Morgan fingerprint density at radius 2 is 2.11 bits per heavy atom. The normalized spacial score (nSPS) is 28.6. The number of rotatable bonds is 5. The van der Waals surface area contributed by atoms with Gasteiger partial charge in [-0.2, -0.15) is 0 Å². The number of ether oxygens (including phenoxy) is 2. The number of nitrogens with two attached hydrogens (primary N) is 1. The zero-order chi connectivity index (χ0) is 13.2. The molecule has 0 aromatic heterocycles. The molecule has 3 heteroatoms. The van der Waals surface area contributed by atoms with Crippen molar-refractivity contribution in [2.45, 2.75) is 32.2 Å². The van der Waals surface area contributed by atoms with Crippen LogP contribution in [0.1, 0.15) is 31.2 Å². The Morgan fingerprint density at radius 1 is 1.21 bits per heavy atom. The molecule has 3 atom stereocenters. The summed E-state index contributed by atoms with van der Waals surface area (Å²) in [5.74, 6) is 4.27. The topological polar surface area (TPSA) is 44.5 Å². The van der Waals surface area contributed by atoms with Crippen molar-refractivity contribution in [3.63, 3.8) is 0 Å². The molecule has 0 heterocycles. The van der Waals surface area contributed by atoms with Crippen LogP contribution in [0.5, 0.6) is 11.5 Å². The van der Waals surface area contributed by atoms with Crippen LogP contribution >= 0.6 is 0 Å². The summed E-state index contributed by atoms with van der Waals surface area (Å²) in [6.07, 6.45) is 5.63. The summed E-state index contributed by atoms with van der Waals surface area (Å²) in [5, 5.41) is 0. The second-order valence-electron chi connectivity index (χ2n) is 5.94. The van der Waals surface area contributed by atoms with Crippen LogP contribution in [0.3, 0.4) is 0 Å². The second kappa shape index (κ2) is 5.41. The minimum Gasteiger partial charge on any atom is -0.493 e. The Balaban J connectivity index is 1.63. The highest BCUT2D eigenvalue weighted by Crippen LogP contribution is 2.48. The quantitative estimate of drug-likeness (QED) is 0.886. The Hall–Kier alpha value is -1.22. The van der Waals surface area contributed by atoms with E-state index < -0.39 is 0 Å². The first-order valence-electron chi connectivity index (χ1n) is 7.30. The lowest BCUT2D eigenvalue weighted by Gasteiger charge is -2.22. The molecule has 104 valence electrons. The first-order valence-corrected chi connectivity index (χ1v) is 7.30. The zero-order valence-corrected chi connectivity index (χ0v) is 11.6. The zero-order valence-electron chi connectivity index (χ0n) is 11.6. The van der Waals surface area contributed by atoms with Crippen molar-refractivity contribution in [2.24, 2.45) is 23.5 Å². The summed E-state index contributed by atoms with van der Waals surface area (Å²) in [7, 11) is 1.68. The van der Waals surface area contributed by atoms with Gasteiger partial charge in [0.25, 0.3) is 0 Å². The van der Waals surface area contributed by atoms with Crippen LogP contribution in [0.15, 0.2) is 18.2 Å². The van der Waals surface area contributed by atoms with Gasteiger partial charge >= 0.3 is 0 Å². The molecule has 2 saturated carbocycles. The molecule has 0 amide bonds. The molecule has 2 bridgehead atoms. The molecule has 0 spiro atoms. The van der Waals surface area contributed by atoms with Gasteiger partial charge in [-0.15, -0.1) is 0 Å². The molecule has 0 radical (unpaired) electrons. The molecule has 1 aromatic rings. The summed E-state index contributed by atoms with van der Waals surface area (Å²) in [6.45, 7) is 1.36. The van der Waals surface area contributed by atoms with E-state index in [0.29, 0.717) is 6.54 Å². The van der Waals surface area contributed by atoms with Crippen LogP contribution in [0.2, 0.25) is 0 Å². The van der Waals surface area contributed by atoms with E-state index in [9.17, 15) is 0 Å². The third-order valence-electron chi connectivity index (χ3n) is 4.80. The molecule has 2 aliphatic carbocycles. The maximum Gasteiger partial charge on any atom is 0.161 e. The van der Waals surface area contributed by atoms with Gasteiger partial charge < -0.3 is 15.2 Å². The number of methoxy groups -OCH3 is 1. The van der Waals surface area contributed by atoms with Gasteiger partial charge in [0.1, 0.15) is 0 Å². The maximum atomic E-state index is 6.00. The first-order chi connectivity index (χ1) is 9.30. The maximum absolute atomic E-state index is 6.00. The van der Waals surface area contributed by atoms with Crippen LogP contribution in [-0.4, -0.2) is 13.7 Å². The first kappa shape index (κ1) is 12.8. The summed E-state index contributed by atoms with van der Waals surface area (Å²) in [4.78, 5) is 0. The lowest BCUT2D eigenvalue weighted by atomic mass is 9.89. The van der Waals surface area contributed by atoms with Crippen LogP contribution in [0.25, 0.3) is 0 Å². The van der Waals surface area contributed by atoms with Gasteiger partial charge in [-0.3, -0.25) is 0 Å². The Kier molecular flexibility index (Phi) is 3.65. The molecule has 2 aliphatic rings. The molecule has 0 saturated heterocycles. The van der Waals surface area contributed by atoms with E-state index in [1.165, 1.54) is 25.7 Å². The number of benzene rings is 1. The fraction of sp³-hybridized carbons (Fsp3) is 0.625. The van der Waals surface area contributed by atoms with Gasteiger partial charge in [-0.25, -0.2) is 0 Å². The molecule has 1 aromatic carbocycles. The predicted molar refractivity (Wildman–Crippen MR) is 75.3 cm³/mol. The Bertz CT molecular complexity index is 446. The third kappa shape index (κ3) is 2.57. The van der Waals surface area contributed by atoms with Crippen LogP contribution < -0.4 is 15.2 Å². The largest absolute Gasteiger partial charge is 0.493 e. The van der Waals surface area contributed by atoms with Crippen molar-refractivity contribution in [3.8, 4) is 11.5 Å². The van der Waals surface area contributed by atoms with Gasteiger partial charge in [0.05, 0.1) is 13.7 Å². The van der Waals surface area contributed by atoms with Crippen molar-refractivity contribution in [3.05, 3.63) is 23.8 Å². The average Bonchev–Trinajstić information content (AvgIpc) is 3.07. The minimum absolute atomic E-state index is 0.531. The lowest BCUT2D eigenvalue weighted by Crippen LogP contribution is -2.18. The fourth-order valence-corrected chi connectivity index (χ4v) is 3.74. The molecule has 2 N–H and O–H groups in total. The highest BCUT2D eigenvalue weighted by atomic mass is 16.5. The van der Waals surface area contributed by atoms with Crippen molar-refractivity contribution in [1.82, 2.24) is 0 Å². The van der Waals surface area contributed by atoms with Gasteiger partial charge in [0.2, 0.25) is 0 Å². The van der Waals surface area contributed by atoms with Gasteiger partial charge in [0, 0.05) is 6.54 Å². The number of hydrogen-bond acceptors (Lipinski definition) is 3. The molecular formula is C16H23NO2. The summed E-state index contributed by atoms with van der Waals surface area (Å²) >= 11 is 0. The molecule has 2 fully saturated rings. The molecule has 19 heavy (non-hydrogen) atoms. The Morgan fingerprint density at radius 3 is 2.74 bits per heavy atom. The van der Waals surface area contributed by atoms with E-state index in [1.807, 2.05) is 18.2 Å². The van der Waals surface area contributed by atoms with Crippen molar-refractivity contribution < 1.29 is 9.47 Å². The number of fused-ring (bicyclic) bond motifs is 2. The van der Waals surface area contributed by atoms with E-state index >= 15 is 0 Å². The third-order valence-corrected chi connectivity index (χ3v) is 4.80. The van der Waals surface area contributed by atoms with Crippen LogP contribution in [0, 0.1) is 17.8 Å². The van der Waals surface area contributed by atoms with E-state index in [-0.39, 0.29) is 0 Å². The molecule has 3 nitrogen and oxygen atoms in total. The van der Waals surface area contributed by atoms with E-state index in [4.69, 9.17) is 15.2 Å². The van der Waals surface area contributed by atoms with Crippen LogP contribution in [-0.2, 0) is 6.54 Å². The molecule has 3 rings (SSSR count). The standard InChI is InChI=1S/C16H23NO2/c1-18-16-8-12(9-17)3-5-15(16)19-10-14-7-11-2-4-13(14)6-11/h3,5,8,11,13-14H,2,4,6-7,9-10,17H2,1H3. The van der Waals surface area contributed by atoms with E-state index in [0.717, 1.165) is 41.4 Å². The van der Waals surface area contributed by atoms with Gasteiger partial charge in [-0.05, 0) is 54.7 Å². The minimum atomic E-state index is 0.531. The predicted octanol–water partition coefficient (Wildman–Crippen LogP) is 2.97. The SMILES string of the molecule is COc1cc(CN)ccc1OCC1CC2CCC1C2. The summed E-state index contributed by atoms with van der Waals surface area (Å²) in [6, 6.07) is 5.96. The smallest absolute Gasteiger partial charge is 0.161 e. The average molecular weight is 261 g/mol. The van der Waals surface area contributed by atoms with Gasteiger partial charge in [0.15, 0.2) is 11.5 Å². The van der Waals surface area contributed by atoms with Crippen molar-refractivity contribution in [1.29, 1.82) is 0 Å². The van der Waals surface area contributed by atoms with Gasteiger partial charge in [-0.1, -0.05) is 12.5 Å². The highest BCUT2D eigenvalue weighted by molar-refractivity contribution is 5.42. The second-order valence-corrected chi connectivity index (χ2v) is 5.94. The highest BCUT2D eigenvalue weighted by Gasteiger charge is 2.39. The summed E-state index contributed by atoms with van der Waals surface area (Å²) < 4.78 is 11.4. The Labute approximate surface area is 115 Å². The molecular weight excluding hydrogens is 238 g/mol. The van der Waals surface area contributed by atoms with Crippen molar-refractivity contribution in [2.75, 3.05) is 13.7 Å². The monoisotopic (exact) mass is 261 g/mol. The fourth-order valence-electron chi connectivity index (χ4n) is 3.74. The molecule has 3 unspecified atom stereocenters. The summed E-state index contributed by atoms with van der Waals surface area (Å²) in [5.41, 5.74) is 6.71. The van der Waals surface area contributed by atoms with E-state index in [2.05, 4.69) is 0 Å². The lowest BCUT2D eigenvalue weighted by molar-refractivity contribution is 0.189. The van der Waals surface area contributed by atoms with E-state index in [1.54, 1.807) is 7.11 Å².